The summed E-state index contributed by atoms with van der Waals surface area (Å²) in [4.78, 5) is 62.4. The van der Waals surface area contributed by atoms with Gasteiger partial charge in [-0.05, 0) is 82.3 Å². The molecule has 2 aromatic carbocycles. The van der Waals surface area contributed by atoms with Gasteiger partial charge in [0.25, 0.3) is 0 Å². The number of nitrogens with one attached hydrogen (secondary N) is 1. The maximum absolute atomic E-state index is 13.2. The van der Waals surface area contributed by atoms with Crippen LogP contribution in [0.25, 0.3) is 0 Å². The topological polar surface area (TPSA) is 173 Å². The molecule has 2 rings (SSSR count). The van der Waals surface area contributed by atoms with E-state index in [1.807, 2.05) is 102 Å². The second kappa shape index (κ2) is 29.1. The molecule has 5 N–H and O–H groups in total. The van der Waals surface area contributed by atoms with Gasteiger partial charge in [0.05, 0.1) is 12.1 Å². The van der Waals surface area contributed by atoms with Crippen LogP contribution in [0.4, 0.5) is 4.79 Å². The van der Waals surface area contributed by atoms with Crippen LogP contribution in [0.3, 0.4) is 0 Å². The van der Waals surface area contributed by atoms with Gasteiger partial charge in [-0.3, -0.25) is 19.2 Å². The molecule has 0 heterocycles. The van der Waals surface area contributed by atoms with Crippen LogP contribution in [-0.2, 0) is 36.8 Å². The summed E-state index contributed by atoms with van der Waals surface area (Å²) in [7, 11) is 0. The summed E-state index contributed by atoms with van der Waals surface area (Å²) < 4.78 is 5.31. The lowest BCUT2D eigenvalue weighted by molar-refractivity contribution is -0.132. The molecule has 4 unspecified atom stereocenters. The number of hydrogen-bond acceptors (Lipinski definition) is 9. The van der Waals surface area contributed by atoms with Crippen LogP contribution < -0.4 is 11.1 Å². The Hall–Kier alpha value is -3.15. The van der Waals surface area contributed by atoms with Crippen LogP contribution >= 0.6 is 24.8 Å². The van der Waals surface area contributed by atoms with Crippen molar-refractivity contribution in [3.63, 3.8) is 0 Å². The number of carbonyl (C=O) groups is 5. The SMILES string of the molecule is CCCC(=O)C(O)C(CC(=O)[C@@H](N)CC(C)C)Cc1ccccc1.CCCC(=O)C(O)C(CC(=O)[C@H](CC(C)C)NC(=O)OC(C)(C)C)Cc1ccccc1.Cl.Cl. The fourth-order valence-electron chi connectivity index (χ4n) is 6.38. The molecule has 0 spiro atoms. The third-order valence-corrected chi connectivity index (χ3v) is 9.08. The number of halogens is 2. The molecule has 0 aliphatic rings. The second-order valence-electron chi connectivity index (χ2n) is 16.6. The molecule has 1 amide bonds. The lowest BCUT2D eigenvalue weighted by Gasteiger charge is -2.27. The average Bonchev–Trinajstić information content (AvgIpc) is 3.10. The van der Waals surface area contributed by atoms with Crippen molar-refractivity contribution in [2.24, 2.45) is 29.4 Å². The Balaban J connectivity index is 0. The van der Waals surface area contributed by atoms with Gasteiger partial charge in [-0.25, -0.2) is 4.79 Å². The quantitative estimate of drug-likeness (QED) is 0.0860. The number of amides is 1. The normalized spacial score (nSPS) is 14.3. The summed E-state index contributed by atoms with van der Waals surface area (Å²) in [6.07, 6.45) is 1.07. The predicted octanol–water partition coefficient (Wildman–Crippen LogP) is 8.23. The molecule has 0 aromatic heterocycles. The highest BCUT2D eigenvalue weighted by atomic mass is 35.5. The third-order valence-electron chi connectivity index (χ3n) is 9.08. The molecular weight excluding hydrogens is 767 g/mol. The molecule has 12 heteroatoms. The van der Waals surface area contributed by atoms with Crippen LogP contribution in [-0.4, -0.2) is 69.3 Å². The molecule has 10 nitrogen and oxygen atoms in total. The molecule has 57 heavy (non-hydrogen) atoms. The van der Waals surface area contributed by atoms with E-state index < -0.39 is 47.8 Å². The monoisotopic (exact) mass is 838 g/mol. The highest BCUT2D eigenvalue weighted by Crippen LogP contribution is 2.23. The van der Waals surface area contributed by atoms with Crippen molar-refractivity contribution in [3.8, 4) is 0 Å². The molecule has 0 radical (unpaired) electrons. The van der Waals surface area contributed by atoms with Crippen LogP contribution in [0.2, 0.25) is 0 Å². The fourth-order valence-corrected chi connectivity index (χ4v) is 6.38. The molecule has 2 aromatic rings. The number of aliphatic hydroxyl groups excluding tert-OH is 2. The van der Waals surface area contributed by atoms with Crippen LogP contribution in [0.1, 0.15) is 125 Å². The van der Waals surface area contributed by atoms with Crippen molar-refractivity contribution in [1.82, 2.24) is 5.32 Å². The van der Waals surface area contributed by atoms with Crippen molar-refractivity contribution in [3.05, 3.63) is 71.8 Å². The first-order chi connectivity index (χ1) is 25.8. The predicted molar refractivity (Wildman–Crippen MR) is 233 cm³/mol. The average molecular weight is 840 g/mol. The number of hydrogen-bond donors (Lipinski definition) is 4. The zero-order valence-corrected chi connectivity index (χ0v) is 37.3. The van der Waals surface area contributed by atoms with Crippen molar-refractivity contribution >= 4 is 54.0 Å². The van der Waals surface area contributed by atoms with Crippen LogP contribution in [0.5, 0.6) is 0 Å². The Kier molecular flexibility index (Phi) is 28.6. The summed E-state index contributed by atoms with van der Waals surface area (Å²) in [5.41, 5.74) is 7.26. The molecule has 0 saturated heterocycles. The summed E-state index contributed by atoms with van der Waals surface area (Å²) in [5.74, 6) is -1.19. The minimum atomic E-state index is -1.22. The van der Waals surface area contributed by atoms with Crippen molar-refractivity contribution < 1.29 is 38.9 Å². The molecule has 0 saturated carbocycles. The second-order valence-corrected chi connectivity index (χ2v) is 16.6. The van der Waals surface area contributed by atoms with E-state index in [2.05, 4.69) is 5.32 Å². The molecule has 6 atom stereocenters. The van der Waals surface area contributed by atoms with E-state index in [4.69, 9.17) is 10.5 Å². The Bertz CT molecular complexity index is 1450. The number of Topliss-reactive ketones (excluding diaryl/α,β-unsaturated/α-hetero) is 4. The lowest BCUT2D eigenvalue weighted by atomic mass is 9.84. The number of ether oxygens (including phenoxy) is 1. The smallest absolute Gasteiger partial charge is 0.408 e. The Morgan fingerprint density at radius 1 is 0.649 bits per heavy atom. The van der Waals surface area contributed by atoms with Gasteiger partial charge >= 0.3 is 6.09 Å². The summed E-state index contributed by atoms with van der Waals surface area (Å²) >= 11 is 0. The molecule has 324 valence electrons. The summed E-state index contributed by atoms with van der Waals surface area (Å²) in [6, 6.07) is 17.9. The van der Waals surface area contributed by atoms with Gasteiger partial charge in [0, 0.05) is 37.5 Å². The summed E-state index contributed by atoms with van der Waals surface area (Å²) in [6.45, 7) is 17.1. The number of alkyl carbamates (subject to hydrolysis) is 1. The summed E-state index contributed by atoms with van der Waals surface area (Å²) in [5, 5.41) is 23.8. The first kappa shape index (κ1) is 55.9. The van der Waals surface area contributed by atoms with E-state index in [-0.39, 0.29) is 73.1 Å². The molecule has 0 aliphatic carbocycles. The zero-order valence-electron chi connectivity index (χ0n) is 35.7. The van der Waals surface area contributed by atoms with E-state index >= 15 is 0 Å². The molecular formula is C45H72Cl2N2O8. The number of benzene rings is 2. The minimum absolute atomic E-state index is 0. The largest absolute Gasteiger partial charge is 0.444 e. The van der Waals surface area contributed by atoms with Gasteiger partial charge in [0.1, 0.15) is 23.6 Å². The lowest BCUT2D eigenvalue weighted by Crippen LogP contribution is -2.45. The van der Waals surface area contributed by atoms with Crippen LogP contribution in [0.15, 0.2) is 60.7 Å². The Labute approximate surface area is 354 Å². The van der Waals surface area contributed by atoms with Crippen LogP contribution in [0, 0.1) is 23.7 Å². The highest BCUT2D eigenvalue weighted by molar-refractivity contribution is 5.89. The maximum atomic E-state index is 13.2. The van der Waals surface area contributed by atoms with Gasteiger partial charge in [-0.1, -0.05) is 102 Å². The number of carbonyl (C=O) groups excluding carboxylic acids is 5. The van der Waals surface area contributed by atoms with E-state index in [0.717, 1.165) is 11.1 Å². The fraction of sp³-hybridized carbons (Fsp3) is 0.622. The first-order valence-electron chi connectivity index (χ1n) is 20.1. The first-order valence-corrected chi connectivity index (χ1v) is 20.1. The van der Waals surface area contributed by atoms with Crippen molar-refractivity contribution in [2.75, 3.05) is 0 Å². The van der Waals surface area contributed by atoms with Gasteiger partial charge in [0.15, 0.2) is 17.3 Å². The Morgan fingerprint density at radius 2 is 1.04 bits per heavy atom. The molecule has 0 aliphatic heterocycles. The Morgan fingerprint density at radius 3 is 1.39 bits per heavy atom. The maximum Gasteiger partial charge on any atom is 0.408 e. The number of nitrogens with two attached hydrogens (primary N) is 1. The van der Waals surface area contributed by atoms with Gasteiger partial charge in [-0.2, -0.15) is 0 Å². The van der Waals surface area contributed by atoms with Gasteiger partial charge in [-0.15, -0.1) is 24.8 Å². The number of ketones is 4. The van der Waals surface area contributed by atoms with E-state index in [9.17, 15) is 34.2 Å². The molecule has 0 fully saturated rings. The van der Waals surface area contributed by atoms with Gasteiger partial charge < -0.3 is 26.0 Å². The zero-order chi connectivity index (χ0) is 41.7. The number of rotatable bonds is 23. The minimum Gasteiger partial charge on any atom is -0.444 e. The van der Waals surface area contributed by atoms with Crippen molar-refractivity contribution in [2.45, 2.75) is 156 Å². The van der Waals surface area contributed by atoms with E-state index in [1.54, 1.807) is 20.8 Å². The van der Waals surface area contributed by atoms with Gasteiger partial charge in [0.2, 0.25) is 0 Å². The standard InChI is InChI=1S/C25H39NO5.C20H31NO3.2ClH/c1-7-11-21(27)23(29)19(15-18-12-9-8-10-13-18)16-22(28)20(14-17(2)3)26-24(30)31-25(4,5)6;1-4-8-18(22)20(24)16(12-15-9-6-5-7-10-15)13-19(23)17(21)11-14(2)3;;/h8-10,12-13,17,19-20,23,29H,7,11,14-16H2,1-6H3,(H,26,30);5-7,9-10,14,16-17,20,24H,4,8,11-13,21H2,1-3H3;2*1H/t19?,20-,23?;16?,17-,20?;;/m00../s1. The third kappa shape index (κ3) is 23.8. The van der Waals surface area contributed by atoms with E-state index in [1.165, 1.54) is 0 Å². The molecule has 0 bridgehead atoms. The highest BCUT2D eigenvalue weighted by Gasteiger charge is 2.33. The van der Waals surface area contributed by atoms with E-state index in [0.29, 0.717) is 50.9 Å². The number of aliphatic hydroxyl groups is 2. The van der Waals surface area contributed by atoms with Crippen molar-refractivity contribution in [1.29, 1.82) is 0 Å².